The number of hydrogen-bond acceptors (Lipinski definition) is 5. The molecular formula is C23H38IN7O. The predicted octanol–water partition coefficient (Wildman–Crippen LogP) is 3.01. The monoisotopic (exact) mass is 555 g/mol. The number of aliphatic imine (C=N–C) groups is 1. The molecule has 1 saturated heterocycles. The first-order valence-corrected chi connectivity index (χ1v) is 11.5. The highest BCUT2D eigenvalue weighted by Gasteiger charge is 2.15. The number of halogens is 1. The molecule has 0 aliphatic carbocycles. The number of likely N-dealkylation sites (N-methyl/N-ethyl adjacent to an activating group) is 1. The van der Waals surface area contributed by atoms with E-state index in [1.807, 2.05) is 0 Å². The topological polar surface area (TPSA) is 79.6 Å². The van der Waals surface area contributed by atoms with Crippen LogP contribution in [0.2, 0.25) is 0 Å². The van der Waals surface area contributed by atoms with E-state index in [9.17, 15) is 0 Å². The Morgan fingerprint density at radius 3 is 2.84 bits per heavy atom. The lowest BCUT2D eigenvalue weighted by Crippen LogP contribution is -2.43. The summed E-state index contributed by atoms with van der Waals surface area (Å²) < 4.78 is 7.82. The molecule has 1 aliphatic heterocycles. The fourth-order valence-electron chi connectivity index (χ4n) is 3.79. The van der Waals surface area contributed by atoms with Crippen LogP contribution in [-0.4, -0.2) is 66.2 Å². The van der Waals surface area contributed by atoms with Gasteiger partial charge in [0.05, 0.1) is 12.6 Å². The molecule has 1 aliphatic rings. The lowest BCUT2D eigenvalue weighted by atomic mass is 10.2. The molecule has 0 amide bonds. The maximum absolute atomic E-state index is 5.73. The van der Waals surface area contributed by atoms with E-state index in [0.29, 0.717) is 6.54 Å². The fraction of sp³-hybridized carbons (Fsp3) is 0.609. The van der Waals surface area contributed by atoms with Crippen molar-refractivity contribution >= 4 is 35.6 Å². The van der Waals surface area contributed by atoms with Crippen LogP contribution in [0.25, 0.3) is 0 Å². The van der Waals surface area contributed by atoms with Gasteiger partial charge < -0.3 is 24.8 Å². The molecule has 2 aromatic rings. The van der Waals surface area contributed by atoms with Crippen LogP contribution in [0.1, 0.15) is 38.1 Å². The van der Waals surface area contributed by atoms with Crippen molar-refractivity contribution in [1.82, 2.24) is 25.4 Å². The highest BCUT2D eigenvalue weighted by molar-refractivity contribution is 14.0. The number of ether oxygens (including phenoxy) is 1. The summed E-state index contributed by atoms with van der Waals surface area (Å²) >= 11 is 0. The molecule has 0 saturated carbocycles. The molecule has 1 aromatic heterocycles. The number of aromatic nitrogens is 3. The first-order chi connectivity index (χ1) is 15.2. The van der Waals surface area contributed by atoms with Crippen molar-refractivity contribution in [2.45, 2.75) is 52.7 Å². The van der Waals surface area contributed by atoms with E-state index in [4.69, 9.17) is 9.73 Å². The molecule has 8 nitrogen and oxygen atoms in total. The first kappa shape index (κ1) is 26.4. The Balaban J connectivity index is 0.00000363. The average Bonchev–Trinajstić information content (AvgIpc) is 3.46. The minimum absolute atomic E-state index is 0. The molecule has 0 spiro atoms. The Bertz CT molecular complexity index is 820. The number of nitrogens with one attached hydrogen (secondary N) is 2. The molecule has 1 unspecified atom stereocenters. The summed E-state index contributed by atoms with van der Waals surface area (Å²) in [6.07, 6.45) is 5.13. The second-order valence-corrected chi connectivity index (χ2v) is 7.89. The molecule has 1 atom stereocenters. The van der Waals surface area contributed by atoms with Gasteiger partial charge in [-0.15, -0.1) is 34.2 Å². The summed E-state index contributed by atoms with van der Waals surface area (Å²) in [5.41, 5.74) is 2.54. The largest absolute Gasteiger partial charge is 0.376 e. The Labute approximate surface area is 209 Å². The third-order valence-corrected chi connectivity index (χ3v) is 5.56. The van der Waals surface area contributed by atoms with Crippen LogP contribution in [0.5, 0.6) is 0 Å². The van der Waals surface area contributed by atoms with E-state index in [2.05, 4.69) is 75.3 Å². The van der Waals surface area contributed by atoms with Crippen molar-refractivity contribution in [2.24, 2.45) is 4.99 Å². The van der Waals surface area contributed by atoms with E-state index in [1.54, 1.807) is 6.33 Å². The van der Waals surface area contributed by atoms with Gasteiger partial charge in [-0.05, 0) is 44.4 Å². The molecule has 0 radical (unpaired) electrons. The smallest absolute Gasteiger partial charge is 0.191 e. The van der Waals surface area contributed by atoms with Crippen LogP contribution in [-0.2, 0) is 17.7 Å². The van der Waals surface area contributed by atoms with E-state index < -0.39 is 0 Å². The van der Waals surface area contributed by atoms with Gasteiger partial charge in [-0.3, -0.25) is 4.99 Å². The molecule has 1 aromatic carbocycles. The number of anilines is 1. The average molecular weight is 556 g/mol. The Hall–Kier alpha value is -1.88. The lowest BCUT2D eigenvalue weighted by Gasteiger charge is -2.24. The number of aryl methyl sites for hydroxylation is 2. The highest BCUT2D eigenvalue weighted by Crippen LogP contribution is 2.15. The Morgan fingerprint density at radius 2 is 2.12 bits per heavy atom. The quantitative estimate of drug-likeness (QED) is 0.252. The van der Waals surface area contributed by atoms with Crippen molar-refractivity contribution in [3.05, 3.63) is 42.0 Å². The summed E-state index contributed by atoms with van der Waals surface area (Å²) in [7, 11) is 0. The van der Waals surface area contributed by atoms with E-state index >= 15 is 0 Å². The zero-order valence-electron chi connectivity index (χ0n) is 19.6. The van der Waals surface area contributed by atoms with Crippen molar-refractivity contribution < 1.29 is 4.74 Å². The second-order valence-electron chi connectivity index (χ2n) is 7.89. The van der Waals surface area contributed by atoms with Crippen molar-refractivity contribution in [3.8, 4) is 0 Å². The number of hydrogen-bond donors (Lipinski definition) is 2. The molecule has 9 heteroatoms. The van der Waals surface area contributed by atoms with Crippen molar-refractivity contribution in [2.75, 3.05) is 44.2 Å². The van der Waals surface area contributed by atoms with Crippen LogP contribution in [0.4, 0.5) is 5.69 Å². The van der Waals surface area contributed by atoms with Gasteiger partial charge in [0.1, 0.15) is 12.2 Å². The molecular weight excluding hydrogens is 517 g/mol. The zero-order chi connectivity index (χ0) is 21.9. The molecule has 3 rings (SSSR count). The summed E-state index contributed by atoms with van der Waals surface area (Å²) in [4.78, 5) is 7.16. The molecule has 2 heterocycles. The molecule has 178 valence electrons. The number of rotatable bonds is 11. The van der Waals surface area contributed by atoms with Crippen molar-refractivity contribution in [3.63, 3.8) is 0 Å². The Morgan fingerprint density at radius 1 is 1.28 bits per heavy atom. The van der Waals surface area contributed by atoms with Gasteiger partial charge in [-0.2, -0.15) is 0 Å². The van der Waals surface area contributed by atoms with Gasteiger partial charge in [0.2, 0.25) is 0 Å². The predicted molar refractivity (Wildman–Crippen MR) is 141 cm³/mol. The summed E-state index contributed by atoms with van der Waals surface area (Å²) in [5.74, 6) is 1.84. The van der Waals surface area contributed by atoms with Crippen LogP contribution in [0, 0.1) is 6.92 Å². The van der Waals surface area contributed by atoms with E-state index in [-0.39, 0.29) is 30.1 Å². The standard InChI is InChI=1S/C23H37N7O.HI/c1-4-22-28-27-18-30(22)14-12-25-23(26-17-21-10-7-15-31-21)24-11-13-29(5-2)20-9-6-8-19(3)16-20;/h6,8-9,16,18,21H,4-5,7,10-15,17H2,1-3H3,(H2,24,25,26);1H. The summed E-state index contributed by atoms with van der Waals surface area (Å²) in [5, 5.41) is 15.1. The molecule has 32 heavy (non-hydrogen) atoms. The van der Waals surface area contributed by atoms with Gasteiger partial charge in [0.25, 0.3) is 0 Å². The van der Waals surface area contributed by atoms with Crippen molar-refractivity contribution in [1.29, 1.82) is 0 Å². The fourth-order valence-corrected chi connectivity index (χ4v) is 3.79. The van der Waals surface area contributed by atoms with Gasteiger partial charge in [-0.25, -0.2) is 0 Å². The van der Waals surface area contributed by atoms with Gasteiger partial charge >= 0.3 is 0 Å². The SMILES string of the molecule is CCc1nncn1CCNC(=NCC1CCCO1)NCCN(CC)c1cccc(C)c1.I. The van der Waals surface area contributed by atoms with Gasteiger partial charge in [0, 0.05) is 51.4 Å². The van der Waals surface area contributed by atoms with Crippen LogP contribution >= 0.6 is 24.0 Å². The number of benzene rings is 1. The van der Waals surface area contributed by atoms with Crippen LogP contribution in [0.15, 0.2) is 35.6 Å². The maximum Gasteiger partial charge on any atom is 0.191 e. The summed E-state index contributed by atoms with van der Waals surface area (Å²) in [6.45, 7) is 12.2. The van der Waals surface area contributed by atoms with Crippen LogP contribution in [0.3, 0.4) is 0 Å². The third kappa shape index (κ3) is 8.23. The minimum atomic E-state index is 0. The molecule has 0 bridgehead atoms. The molecule has 1 fully saturated rings. The van der Waals surface area contributed by atoms with E-state index in [1.165, 1.54) is 11.3 Å². The van der Waals surface area contributed by atoms with E-state index in [0.717, 1.165) is 70.4 Å². The Kier molecular flexibility index (Phi) is 11.8. The van der Waals surface area contributed by atoms with Gasteiger partial charge in [0.15, 0.2) is 5.96 Å². The van der Waals surface area contributed by atoms with Gasteiger partial charge in [-0.1, -0.05) is 19.1 Å². The minimum Gasteiger partial charge on any atom is -0.376 e. The number of guanidine groups is 1. The first-order valence-electron chi connectivity index (χ1n) is 11.5. The molecule has 2 N–H and O–H groups in total. The lowest BCUT2D eigenvalue weighted by molar-refractivity contribution is 0.117. The second kappa shape index (κ2) is 14.3. The number of nitrogens with zero attached hydrogens (tertiary/aromatic N) is 5. The maximum atomic E-state index is 5.73. The van der Waals surface area contributed by atoms with Crippen LogP contribution < -0.4 is 15.5 Å². The zero-order valence-corrected chi connectivity index (χ0v) is 21.9. The summed E-state index contributed by atoms with van der Waals surface area (Å²) in [6, 6.07) is 8.66. The third-order valence-electron chi connectivity index (χ3n) is 5.56. The highest BCUT2D eigenvalue weighted by atomic mass is 127. The normalized spacial score (nSPS) is 16.0.